The third-order valence-electron chi connectivity index (χ3n) is 5.99. The minimum atomic E-state index is -0.0123. The second kappa shape index (κ2) is 6.02. The lowest BCUT2D eigenvalue weighted by molar-refractivity contribution is 0.0735. The zero-order chi connectivity index (χ0) is 18.7. The van der Waals surface area contributed by atoms with E-state index >= 15 is 0 Å². The summed E-state index contributed by atoms with van der Waals surface area (Å²) in [6.45, 7) is 2.61. The van der Waals surface area contributed by atoms with E-state index in [1.165, 1.54) is 22.5 Å². The largest absolute Gasteiger partial charge is 0.334 e. The molecular weight excluding hydrogens is 358 g/mol. The van der Waals surface area contributed by atoms with Crippen molar-refractivity contribution in [3.8, 4) is 0 Å². The molecule has 3 aromatic rings. The Labute approximate surface area is 161 Å². The highest BCUT2D eigenvalue weighted by atomic mass is 32.1. The number of thiophene rings is 1. The molecule has 0 saturated heterocycles. The van der Waals surface area contributed by atoms with E-state index in [0.717, 1.165) is 43.6 Å². The molecule has 1 unspecified atom stereocenters. The first kappa shape index (κ1) is 16.7. The number of nitrogens with zero attached hydrogens (tertiary/aromatic N) is 3. The molecule has 5 rings (SSSR count). The molecule has 1 aliphatic heterocycles. The van der Waals surface area contributed by atoms with E-state index in [1.54, 1.807) is 4.57 Å². The van der Waals surface area contributed by atoms with Gasteiger partial charge >= 0.3 is 0 Å². The van der Waals surface area contributed by atoms with Crippen molar-refractivity contribution in [3.63, 3.8) is 0 Å². The molecule has 138 valence electrons. The molecular formula is C21H21N3O2S. The summed E-state index contributed by atoms with van der Waals surface area (Å²) < 4.78 is 1.77. The van der Waals surface area contributed by atoms with Crippen molar-refractivity contribution in [3.05, 3.63) is 62.0 Å². The van der Waals surface area contributed by atoms with Gasteiger partial charge in [0.25, 0.3) is 11.5 Å². The van der Waals surface area contributed by atoms with E-state index in [9.17, 15) is 9.59 Å². The van der Waals surface area contributed by atoms with Gasteiger partial charge in [0, 0.05) is 20.0 Å². The number of carbonyl (C=O) groups excluding carboxylic acids is 1. The first-order valence-electron chi connectivity index (χ1n) is 9.44. The topological polar surface area (TPSA) is 55.2 Å². The Morgan fingerprint density at radius 3 is 2.96 bits per heavy atom. The van der Waals surface area contributed by atoms with Crippen molar-refractivity contribution in [2.75, 3.05) is 7.05 Å². The summed E-state index contributed by atoms with van der Waals surface area (Å²) >= 11 is 1.36. The van der Waals surface area contributed by atoms with Gasteiger partial charge in [-0.05, 0) is 42.9 Å². The number of hydrogen-bond acceptors (Lipinski definition) is 4. The van der Waals surface area contributed by atoms with Crippen LogP contribution in [0, 0.1) is 6.92 Å². The number of amides is 1. The van der Waals surface area contributed by atoms with E-state index in [1.807, 2.05) is 24.9 Å². The fraction of sp³-hybridized carbons (Fsp3) is 0.381. The van der Waals surface area contributed by atoms with E-state index in [-0.39, 0.29) is 17.5 Å². The van der Waals surface area contributed by atoms with Gasteiger partial charge in [-0.15, -0.1) is 11.3 Å². The smallest absolute Gasteiger partial charge is 0.264 e. The minimum Gasteiger partial charge on any atom is -0.334 e. The van der Waals surface area contributed by atoms with Crippen molar-refractivity contribution in [1.29, 1.82) is 0 Å². The van der Waals surface area contributed by atoms with Gasteiger partial charge in [0.1, 0.15) is 10.7 Å². The first-order valence-corrected chi connectivity index (χ1v) is 10.3. The highest BCUT2D eigenvalue weighted by molar-refractivity contribution is 7.20. The molecule has 1 atom stereocenters. The molecule has 5 nitrogen and oxygen atoms in total. The third kappa shape index (κ3) is 2.39. The standard InChI is InChI=1S/C21H21N3O2S/c1-12-17-19(22-16-8-5-11-24(16)20(17)25)27-18(12)21(26)23(2)15-10-9-13-6-3-4-7-14(13)15/h3-4,6-7,15H,5,8-11H2,1-2H3. The van der Waals surface area contributed by atoms with Crippen molar-refractivity contribution in [2.24, 2.45) is 0 Å². The highest BCUT2D eigenvalue weighted by Crippen LogP contribution is 2.37. The van der Waals surface area contributed by atoms with Crippen LogP contribution in [-0.2, 0) is 19.4 Å². The van der Waals surface area contributed by atoms with E-state index in [0.29, 0.717) is 15.1 Å². The van der Waals surface area contributed by atoms with Gasteiger partial charge in [0.15, 0.2) is 0 Å². The van der Waals surface area contributed by atoms with E-state index in [4.69, 9.17) is 0 Å². The summed E-state index contributed by atoms with van der Waals surface area (Å²) in [5.41, 5.74) is 3.35. The van der Waals surface area contributed by atoms with Crippen LogP contribution in [0.2, 0.25) is 0 Å². The average molecular weight is 379 g/mol. The molecule has 2 aliphatic rings. The van der Waals surface area contributed by atoms with Crippen LogP contribution >= 0.6 is 11.3 Å². The molecule has 2 aromatic heterocycles. The number of rotatable bonds is 2. The lowest BCUT2D eigenvalue weighted by Crippen LogP contribution is -2.30. The molecule has 0 bridgehead atoms. The Kier molecular flexibility index (Phi) is 3.72. The van der Waals surface area contributed by atoms with Crippen LogP contribution in [0.25, 0.3) is 10.2 Å². The predicted octanol–water partition coefficient (Wildman–Crippen LogP) is 3.47. The van der Waals surface area contributed by atoms with Crippen molar-refractivity contribution in [1.82, 2.24) is 14.5 Å². The Morgan fingerprint density at radius 1 is 1.30 bits per heavy atom. The molecule has 6 heteroatoms. The fourth-order valence-corrected chi connectivity index (χ4v) is 5.69. The first-order chi connectivity index (χ1) is 13.1. The molecule has 0 N–H and O–H groups in total. The lowest BCUT2D eigenvalue weighted by atomic mass is 10.1. The van der Waals surface area contributed by atoms with Crippen LogP contribution < -0.4 is 5.56 Å². The summed E-state index contributed by atoms with van der Waals surface area (Å²) in [5, 5.41) is 0.620. The summed E-state index contributed by atoms with van der Waals surface area (Å²) in [7, 11) is 1.87. The molecule has 0 saturated carbocycles. The summed E-state index contributed by atoms with van der Waals surface area (Å²) in [5.74, 6) is 0.840. The molecule has 0 radical (unpaired) electrons. The van der Waals surface area contributed by atoms with Crippen LogP contribution in [0.1, 0.15) is 51.1 Å². The normalized spacial score (nSPS) is 17.9. The zero-order valence-corrected chi connectivity index (χ0v) is 16.3. The maximum absolute atomic E-state index is 13.3. The van der Waals surface area contributed by atoms with Gasteiger partial charge in [-0.25, -0.2) is 4.98 Å². The second-order valence-corrected chi connectivity index (χ2v) is 8.49. The Hall–Kier alpha value is -2.47. The quantitative estimate of drug-likeness (QED) is 0.685. The van der Waals surface area contributed by atoms with Gasteiger partial charge in [0.05, 0.1) is 16.3 Å². The molecule has 27 heavy (non-hydrogen) atoms. The molecule has 0 fully saturated rings. The van der Waals surface area contributed by atoms with Crippen molar-refractivity contribution < 1.29 is 4.79 Å². The van der Waals surface area contributed by atoms with Crippen molar-refractivity contribution in [2.45, 2.75) is 45.2 Å². The van der Waals surface area contributed by atoms with Crippen LogP contribution in [0.15, 0.2) is 29.1 Å². The SMILES string of the molecule is Cc1c(C(=O)N(C)C2CCc3ccccc32)sc2nc3n(c(=O)c12)CCC3. The van der Waals surface area contributed by atoms with Crippen LogP contribution in [0.5, 0.6) is 0 Å². The number of fused-ring (bicyclic) bond motifs is 3. The number of aromatic nitrogens is 2. The Morgan fingerprint density at radius 2 is 2.11 bits per heavy atom. The molecule has 0 spiro atoms. The Bertz CT molecular complexity index is 1140. The highest BCUT2D eigenvalue weighted by Gasteiger charge is 2.31. The fourth-order valence-electron chi connectivity index (χ4n) is 4.52. The molecule has 1 aromatic carbocycles. The number of aryl methyl sites for hydroxylation is 3. The molecule has 1 aliphatic carbocycles. The third-order valence-corrected chi connectivity index (χ3v) is 7.17. The maximum atomic E-state index is 13.3. The summed E-state index contributed by atoms with van der Waals surface area (Å²) in [6, 6.07) is 8.44. The summed E-state index contributed by atoms with van der Waals surface area (Å²) in [4.78, 5) is 34.0. The van der Waals surface area contributed by atoms with E-state index in [2.05, 4.69) is 23.2 Å². The second-order valence-electron chi connectivity index (χ2n) is 7.49. The average Bonchev–Trinajstić information content (AvgIpc) is 3.38. The predicted molar refractivity (Wildman–Crippen MR) is 107 cm³/mol. The Balaban J connectivity index is 1.56. The van der Waals surface area contributed by atoms with Gasteiger partial charge in [-0.1, -0.05) is 24.3 Å². The molecule has 1 amide bonds. The van der Waals surface area contributed by atoms with E-state index < -0.39 is 0 Å². The maximum Gasteiger partial charge on any atom is 0.264 e. The van der Waals surface area contributed by atoms with Crippen LogP contribution in [0.3, 0.4) is 0 Å². The molecule has 3 heterocycles. The lowest BCUT2D eigenvalue weighted by Gasteiger charge is -2.25. The van der Waals surface area contributed by atoms with Crippen molar-refractivity contribution >= 4 is 27.5 Å². The van der Waals surface area contributed by atoms with Gasteiger partial charge in [0.2, 0.25) is 0 Å². The van der Waals surface area contributed by atoms with Gasteiger partial charge in [-0.3, -0.25) is 14.2 Å². The van der Waals surface area contributed by atoms with Crippen LogP contribution in [0.4, 0.5) is 0 Å². The minimum absolute atomic E-state index is 0.00849. The van der Waals surface area contributed by atoms with Gasteiger partial charge in [-0.2, -0.15) is 0 Å². The number of hydrogen-bond donors (Lipinski definition) is 0. The van der Waals surface area contributed by atoms with Crippen LogP contribution in [-0.4, -0.2) is 27.4 Å². The zero-order valence-electron chi connectivity index (χ0n) is 15.5. The van der Waals surface area contributed by atoms with Gasteiger partial charge < -0.3 is 4.90 Å². The monoisotopic (exact) mass is 379 g/mol. The number of benzene rings is 1. The summed E-state index contributed by atoms with van der Waals surface area (Å²) in [6.07, 6.45) is 3.75. The number of carbonyl (C=O) groups is 1.